The van der Waals surface area contributed by atoms with E-state index in [4.69, 9.17) is 4.55 Å². The molecule has 9 unspecified atom stereocenters. The quantitative estimate of drug-likeness (QED) is 0.281. The molecule has 20 heteroatoms. The van der Waals surface area contributed by atoms with Gasteiger partial charge in [0.1, 0.15) is 0 Å². The molecule has 0 amide bonds. The molecular formula is C12H11F15O4S. The molecule has 0 heterocycles. The van der Waals surface area contributed by atoms with Crippen molar-refractivity contribution in [3.63, 3.8) is 0 Å². The normalized spacial score (nSPS) is 22.5. The zero-order valence-electron chi connectivity index (χ0n) is 14.5. The molecule has 4 nitrogen and oxygen atoms in total. The summed E-state index contributed by atoms with van der Waals surface area (Å²) in [5.41, 5.74) is 0. The van der Waals surface area contributed by atoms with Gasteiger partial charge in [0.25, 0.3) is 12.8 Å². The van der Waals surface area contributed by atoms with Crippen LogP contribution in [0.4, 0.5) is 65.9 Å². The Hall–Kier alpha value is -1.18. The Kier molecular flexibility index (Phi) is 10.4. The fourth-order valence-electron chi connectivity index (χ4n) is 1.88. The van der Waals surface area contributed by atoms with Crippen LogP contribution in [-0.2, 0) is 14.6 Å². The molecule has 0 saturated carbocycles. The summed E-state index contributed by atoms with van der Waals surface area (Å²) in [4.78, 5) is 0. The second-order valence-corrected chi connectivity index (χ2v) is 6.98. The third kappa shape index (κ3) is 6.91. The van der Waals surface area contributed by atoms with E-state index >= 15 is 0 Å². The molecule has 0 aliphatic heterocycles. The summed E-state index contributed by atoms with van der Waals surface area (Å²) < 4.78 is 226. The van der Waals surface area contributed by atoms with E-state index in [1.807, 2.05) is 0 Å². The molecular weight excluding hydrogens is 525 g/mol. The van der Waals surface area contributed by atoms with Crippen molar-refractivity contribution in [2.24, 2.45) is 0 Å². The first-order valence-electron chi connectivity index (χ1n) is 7.57. The van der Waals surface area contributed by atoms with Gasteiger partial charge in [0, 0.05) is 0 Å². The van der Waals surface area contributed by atoms with Crippen LogP contribution in [0.3, 0.4) is 0 Å². The van der Waals surface area contributed by atoms with Gasteiger partial charge in [-0.3, -0.25) is 4.55 Å². The van der Waals surface area contributed by atoms with Gasteiger partial charge < -0.3 is 0 Å². The van der Waals surface area contributed by atoms with Gasteiger partial charge >= 0.3 is 22.2 Å². The van der Waals surface area contributed by atoms with E-state index in [0.29, 0.717) is 0 Å². The van der Waals surface area contributed by atoms with E-state index < -0.39 is 84.4 Å². The second kappa shape index (κ2) is 10.8. The first-order valence-corrected chi connectivity index (χ1v) is 8.93. The number of rotatable bonds is 13. The van der Waals surface area contributed by atoms with E-state index in [9.17, 15) is 74.3 Å². The summed E-state index contributed by atoms with van der Waals surface area (Å²) in [7, 11) is -6.23. The lowest BCUT2D eigenvalue weighted by molar-refractivity contribution is -0.302. The lowest BCUT2D eigenvalue weighted by Gasteiger charge is -2.33. The largest absolute Gasteiger partial charge is 0.400 e. The van der Waals surface area contributed by atoms with Crippen molar-refractivity contribution in [2.45, 2.75) is 74.0 Å². The predicted molar refractivity (Wildman–Crippen MR) is 72.6 cm³/mol. The number of hydrogen-bond acceptors (Lipinski definition) is 3. The molecule has 9 atom stereocenters. The Labute approximate surface area is 168 Å². The van der Waals surface area contributed by atoms with Gasteiger partial charge in [-0.15, -0.1) is 0 Å². The molecule has 0 aliphatic carbocycles. The fourth-order valence-corrected chi connectivity index (χ4v) is 2.22. The minimum absolute atomic E-state index is 2.39. The molecule has 1 N–H and O–H groups in total. The van der Waals surface area contributed by atoms with Crippen molar-refractivity contribution in [3.8, 4) is 0 Å². The summed E-state index contributed by atoms with van der Waals surface area (Å²) in [6, 6.07) is 0. The number of alkyl halides is 15. The van der Waals surface area contributed by atoms with Gasteiger partial charge in [-0.1, -0.05) is 0 Å². The Morgan fingerprint density at radius 1 is 0.562 bits per heavy atom. The van der Waals surface area contributed by atoms with Gasteiger partial charge in [-0.05, 0) is 0 Å². The third-order valence-corrected chi connectivity index (χ3v) is 4.04. The summed E-state index contributed by atoms with van der Waals surface area (Å²) in [5, 5.41) is 0. The monoisotopic (exact) mass is 536 g/mol. The fraction of sp³-hybridized carbons (Fsp3) is 1.00. The topological polar surface area (TPSA) is 63.6 Å². The molecule has 0 rings (SSSR count). The Bertz CT molecular complexity index is 694. The molecule has 0 bridgehead atoms. The third-order valence-electron chi connectivity index (χ3n) is 3.63. The number of halogens is 15. The van der Waals surface area contributed by atoms with Crippen molar-refractivity contribution in [2.75, 3.05) is 0 Å². The second-order valence-electron chi connectivity index (χ2n) is 5.93. The van der Waals surface area contributed by atoms with Crippen molar-refractivity contribution >= 4 is 10.4 Å². The average Bonchev–Trinajstić information content (AvgIpc) is 2.67. The van der Waals surface area contributed by atoms with Gasteiger partial charge in [0.15, 0.2) is 43.2 Å². The maximum atomic E-state index is 13.5. The number of hydrogen-bond donors (Lipinski definition) is 1. The van der Waals surface area contributed by atoms with Crippen LogP contribution in [-0.4, -0.2) is 87.0 Å². The maximum absolute atomic E-state index is 13.5. The molecule has 0 aliphatic rings. The minimum atomic E-state index is -6.82. The van der Waals surface area contributed by atoms with Crippen LogP contribution >= 0.6 is 0 Å². The Morgan fingerprint density at radius 3 is 1.19 bits per heavy atom. The predicted octanol–water partition coefficient (Wildman–Crippen LogP) is 4.34. The van der Waals surface area contributed by atoms with Crippen LogP contribution < -0.4 is 0 Å². The van der Waals surface area contributed by atoms with Gasteiger partial charge in [-0.25, -0.2) is 52.5 Å². The zero-order chi connectivity index (χ0) is 26.0. The molecule has 194 valence electrons. The summed E-state index contributed by atoms with van der Waals surface area (Å²) in [6.07, 6.45) is -46.1. The zero-order valence-corrected chi connectivity index (χ0v) is 15.3. The molecule has 32 heavy (non-hydrogen) atoms. The van der Waals surface area contributed by atoms with E-state index in [-0.39, 0.29) is 0 Å². The van der Waals surface area contributed by atoms with Crippen molar-refractivity contribution in [3.05, 3.63) is 0 Å². The standard InChI is InChI=1S/C12H11F15O4S/c13-1(3(15)5(17)7(19)9(21)22)2(14)4(16)6(18)8(20)11(24,25)12(26,27)10(23)31-32(28,29)30/h1-10H,(H,28,29,30). The van der Waals surface area contributed by atoms with E-state index in [1.165, 1.54) is 0 Å². The minimum Gasteiger partial charge on any atom is -0.263 e. The lowest BCUT2D eigenvalue weighted by Crippen LogP contribution is -2.59. The van der Waals surface area contributed by atoms with E-state index in [0.717, 1.165) is 0 Å². The molecule has 0 saturated heterocycles. The van der Waals surface area contributed by atoms with Gasteiger partial charge in [-0.2, -0.15) is 26.0 Å². The molecule has 0 aromatic heterocycles. The SMILES string of the molecule is O=S(=O)(O)OC(F)C(F)(F)C(F)(F)C(F)C(F)C(F)C(F)C(F)C(F)C(F)C(F)C(F)F. The highest BCUT2D eigenvalue weighted by Gasteiger charge is 2.70. The molecule has 0 aromatic rings. The van der Waals surface area contributed by atoms with Crippen LogP contribution in [0, 0.1) is 0 Å². The first kappa shape index (κ1) is 30.8. The lowest BCUT2D eigenvalue weighted by atomic mass is 9.94. The molecule has 0 spiro atoms. The maximum Gasteiger partial charge on any atom is 0.400 e. The van der Waals surface area contributed by atoms with Crippen LogP contribution in [0.5, 0.6) is 0 Å². The smallest absolute Gasteiger partial charge is 0.263 e. The van der Waals surface area contributed by atoms with Crippen molar-refractivity contribution in [1.29, 1.82) is 0 Å². The average molecular weight is 536 g/mol. The van der Waals surface area contributed by atoms with Gasteiger partial charge in [0.05, 0.1) is 0 Å². The molecule has 0 radical (unpaired) electrons. The summed E-state index contributed by atoms with van der Waals surface area (Å²) in [5.74, 6) is -13.5. The summed E-state index contributed by atoms with van der Waals surface area (Å²) in [6.45, 7) is 0. The van der Waals surface area contributed by atoms with E-state index in [1.54, 1.807) is 0 Å². The van der Waals surface area contributed by atoms with Crippen LogP contribution in [0.25, 0.3) is 0 Å². The molecule has 0 fully saturated rings. The van der Waals surface area contributed by atoms with Crippen LogP contribution in [0.1, 0.15) is 0 Å². The summed E-state index contributed by atoms with van der Waals surface area (Å²) >= 11 is 0. The van der Waals surface area contributed by atoms with Gasteiger partial charge in [0.2, 0.25) is 6.17 Å². The van der Waals surface area contributed by atoms with Crippen molar-refractivity contribution < 1.29 is 83.0 Å². The van der Waals surface area contributed by atoms with Crippen molar-refractivity contribution in [1.82, 2.24) is 0 Å². The highest BCUT2D eigenvalue weighted by molar-refractivity contribution is 7.80. The van der Waals surface area contributed by atoms with Crippen LogP contribution in [0.2, 0.25) is 0 Å². The Balaban J connectivity index is 5.58. The highest BCUT2D eigenvalue weighted by Crippen LogP contribution is 2.45. The van der Waals surface area contributed by atoms with Crippen LogP contribution in [0.15, 0.2) is 0 Å². The highest BCUT2D eigenvalue weighted by atomic mass is 32.3. The Morgan fingerprint density at radius 2 is 0.875 bits per heavy atom. The first-order chi connectivity index (χ1) is 14.1. The van der Waals surface area contributed by atoms with E-state index in [2.05, 4.69) is 4.18 Å². The molecule has 0 aromatic carbocycles.